The molecule has 0 aliphatic carbocycles. The molecule has 142 valence electrons. The van der Waals surface area contributed by atoms with Gasteiger partial charge in [0.15, 0.2) is 5.82 Å². The molecule has 0 spiro atoms. The third kappa shape index (κ3) is 3.97. The minimum atomic E-state index is -0.365. The van der Waals surface area contributed by atoms with E-state index in [0.29, 0.717) is 18.3 Å². The van der Waals surface area contributed by atoms with E-state index in [9.17, 15) is 9.59 Å². The number of hydrogen-bond donors (Lipinski definition) is 0. The van der Waals surface area contributed by atoms with Gasteiger partial charge < -0.3 is 9.64 Å². The first-order valence-electron chi connectivity index (χ1n) is 9.32. The minimum absolute atomic E-state index is 0.0210. The molecule has 2 saturated heterocycles. The van der Waals surface area contributed by atoms with Crippen molar-refractivity contribution in [1.82, 2.24) is 14.9 Å². The van der Waals surface area contributed by atoms with Crippen LogP contribution in [0.4, 0.5) is 10.6 Å². The van der Waals surface area contributed by atoms with Gasteiger partial charge in [0.2, 0.25) is 5.91 Å². The summed E-state index contributed by atoms with van der Waals surface area (Å²) in [5.74, 6) is 1.27. The van der Waals surface area contributed by atoms with Crippen LogP contribution >= 0.6 is 0 Å². The van der Waals surface area contributed by atoms with Gasteiger partial charge in [-0.2, -0.15) is 0 Å². The molecule has 2 fully saturated rings. The van der Waals surface area contributed by atoms with Gasteiger partial charge in [-0.15, -0.1) is 0 Å². The third-order valence-corrected chi connectivity index (χ3v) is 5.07. The first-order chi connectivity index (χ1) is 12.3. The number of carbonyl (C=O) groups excluding carboxylic acids is 2. The summed E-state index contributed by atoms with van der Waals surface area (Å²) in [6, 6.07) is -0.0210. The number of hydrogen-bond acceptors (Lipinski definition) is 5. The maximum absolute atomic E-state index is 12.4. The predicted octanol–water partition coefficient (Wildman–Crippen LogP) is 2.65. The Hall–Kier alpha value is -2.18. The number of rotatable bonds is 3. The van der Waals surface area contributed by atoms with Crippen LogP contribution in [0.5, 0.6) is 0 Å². The molecule has 0 radical (unpaired) electrons. The molecule has 1 aromatic heterocycles. The SMILES string of the molecule is CC1COC(=O)N1c1cnc(CC2CCN(C(=O)C(C)(C)C)CC2)cn1. The summed E-state index contributed by atoms with van der Waals surface area (Å²) < 4.78 is 5.02. The summed E-state index contributed by atoms with van der Waals surface area (Å²) in [7, 11) is 0. The van der Waals surface area contributed by atoms with Crippen LogP contribution in [-0.4, -0.2) is 52.6 Å². The lowest BCUT2D eigenvalue weighted by atomic mass is 9.89. The van der Waals surface area contributed by atoms with E-state index in [-0.39, 0.29) is 23.5 Å². The maximum atomic E-state index is 12.4. The molecule has 1 unspecified atom stereocenters. The van der Waals surface area contributed by atoms with Crippen molar-refractivity contribution in [2.75, 3.05) is 24.6 Å². The van der Waals surface area contributed by atoms with E-state index in [1.54, 1.807) is 12.4 Å². The number of amides is 2. The first-order valence-corrected chi connectivity index (χ1v) is 9.32. The zero-order valence-electron chi connectivity index (χ0n) is 16.1. The topological polar surface area (TPSA) is 75.6 Å². The maximum Gasteiger partial charge on any atom is 0.415 e. The molecule has 7 nitrogen and oxygen atoms in total. The number of piperidine rings is 1. The fourth-order valence-electron chi connectivity index (χ4n) is 3.52. The number of likely N-dealkylation sites (tertiary alicyclic amines) is 1. The summed E-state index contributed by atoms with van der Waals surface area (Å²) in [5.41, 5.74) is 0.608. The van der Waals surface area contributed by atoms with Crippen molar-refractivity contribution in [3.63, 3.8) is 0 Å². The average Bonchev–Trinajstić information content (AvgIpc) is 2.94. The standard InChI is InChI=1S/C19H28N4O3/c1-13-12-26-18(25)23(13)16-11-20-15(10-21-16)9-14-5-7-22(8-6-14)17(24)19(2,3)4/h10-11,13-14H,5-9,12H2,1-4H3. The Morgan fingerprint density at radius 1 is 1.23 bits per heavy atom. The van der Waals surface area contributed by atoms with Gasteiger partial charge >= 0.3 is 6.09 Å². The molecule has 26 heavy (non-hydrogen) atoms. The molecule has 2 amide bonds. The van der Waals surface area contributed by atoms with Crippen LogP contribution < -0.4 is 4.90 Å². The Kier molecular flexibility index (Phi) is 5.16. The van der Waals surface area contributed by atoms with Crippen molar-refractivity contribution in [3.8, 4) is 0 Å². The van der Waals surface area contributed by atoms with Gasteiger partial charge in [-0.3, -0.25) is 14.7 Å². The van der Waals surface area contributed by atoms with Crippen LogP contribution in [0.2, 0.25) is 0 Å². The second-order valence-electron chi connectivity index (χ2n) is 8.35. The van der Waals surface area contributed by atoms with E-state index in [1.165, 1.54) is 4.90 Å². The number of ether oxygens (including phenoxy) is 1. The molecule has 1 atom stereocenters. The van der Waals surface area contributed by atoms with Crippen molar-refractivity contribution < 1.29 is 14.3 Å². The summed E-state index contributed by atoms with van der Waals surface area (Å²) >= 11 is 0. The Morgan fingerprint density at radius 2 is 1.92 bits per heavy atom. The molecule has 0 aromatic carbocycles. The molecule has 3 heterocycles. The molecule has 0 N–H and O–H groups in total. The Labute approximate surface area is 154 Å². The van der Waals surface area contributed by atoms with Crippen LogP contribution in [0.3, 0.4) is 0 Å². The average molecular weight is 360 g/mol. The van der Waals surface area contributed by atoms with Crippen LogP contribution in [0.1, 0.15) is 46.2 Å². The fraction of sp³-hybridized carbons (Fsp3) is 0.684. The molecule has 2 aliphatic heterocycles. The number of carbonyl (C=O) groups is 2. The van der Waals surface area contributed by atoms with Gasteiger partial charge in [0, 0.05) is 18.5 Å². The summed E-state index contributed by atoms with van der Waals surface area (Å²) in [5, 5.41) is 0. The first kappa shape index (κ1) is 18.6. The second-order valence-corrected chi connectivity index (χ2v) is 8.35. The van der Waals surface area contributed by atoms with E-state index in [1.807, 2.05) is 32.6 Å². The largest absolute Gasteiger partial charge is 0.447 e. The van der Waals surface area contributed by atoms with Crippen LogP contribution in [0.25, 0.3) is 0 Å². The molecule has 2 aliphatic rings. The minimum Gasteiger partial charge on any atom is -0.447 e. The highest BCUT2D eigenvalue weighted by molar-refractivity contribution is 5.88. The van der Waals surface area contributed by atoms with Crippen molar-refractivity contribution in [1.29, 1.82) is 0 Å². The fourth-order valence-corrected chi connectivity index (χ4v) is 3.52. The Balaban J connectivity index is 1.54. The lowest BCUT2D eigenvalue weighted by molar-refractivity contribution is -0.140. The highest BCUT2D eigenvalue weighted by atomic mass is 16.6. The van der Waals surface area contributed by atoms with Gasteiger partial charge in [0.05, 0.1) is 24.1 Å². The smallest absolute Gasteiger partial charge is 0.415 e. The quantitative estimate of drug-likeness (QED) is 0.828. The molecule has 3 rings (SSSR count). The van der Waals surface area contributed by atoms with Crippen molar-refractivity contribution >= 4 is 17.8 Å². The van der Waals surface area contributed by atoms with Crippen LogP contribution in [0.15, 0.2) is 12.4 Å². The lowest BCUT2D eigenvalue weighted by Gasteiger charge is -2.35. The van der Waals surface area contributed by atoms with Crippen molar-refractivity contribution in [2.45, 2.75) is 53.0 Å². The Morgan fingerprint density at radius 3 is 2.42 bits per heavy atom. The Bertz CT molecular complexity index is 660. The number of nitrogens with zero attached hydrogens (tertiary/aromatic N) is 4. The van der Waals surface area contributed by atoms with E-state index >= 15 is 0 Å². The van der Waals surface area contributed by atoms with E-state index in [0.717, 1.165) is 38.0 Å². The van der Waals surface area contributed by atoms with Gasteiger partial charge in [0.25, 0.3) is 0 Å². The molecular formula is C19H28N4O3. The summed E-state index contributed by atoms with van der Waals surface area (Å²) in [4.78, 5) is 36.5. The normalized spacial score (nSPS) is 21.8. The zero-order chi connectivity index (χ0) is 18.9. The summed E-state index contributed by atoms with van der Waals surface area (Å²) in [6.45, 7) is 9.83. The molecule has 7 heteroatoms. The molecular weight excluding hydrogens is 332 g/mol. The second kappa shape index (κ2) is 7.21. The number of cyclic esters (lactones) is 1. The van der Waals surface area contributed by atoms with Gasteiger partial charge in [-0.25, -0.2) is 9.78 Å². The number of anilines is 1. The van der Waals surface area contributed by atoms with Gasteiger partial charge in [-0.1, -0.05) is 20.8 Å². The molecule has 0 saturated carbocycles. The highest BCUT2D eigenvalue weighted by Crippen LogP contribution is 2.26. The van der Waals surface area contributed by atoms with Gasteiger partial charge in [-0.05, 0) is 32.1 Å². The van der Waals surface area contributed by atoms with E-state index in [4.69, 9.17) is 4.74 Å². The van der Waals surface area contributed by atoms with Crippen molar-refractivity contribution in [3.05, 3.63) is 18.1 Å². The summed E-state index contributed by atoms with van der Waals surface area (Å²) in [6.07, 6.45) is 5.86. The lowest BCUT2D eigenvalue weighted by Crippen LogP contribution is -2.44. The van der Waals surface area contributed by atoms with Gasteiger partial charge in [0.1, 0.15) is 6.61 Å². The van der Waals surface area contributed by atoms with E-state index < -0.39 is 0 Å². The monoisotopic (exact) mass is 360 g/mol. The van der Waals surface area contributed by atoms with Crippen LogP contribution in [0, 0.1) is 11.3 Å². The van der Waals surface area contributed by atoms with E-state index in [2.05, 4.69) is 9.97 Å². The van der Waals surface area contributed by atoms with Crippen LogP contribution in [-0.2, 0) is 16.0 Å². The zero-order valence-corrected chi connectivity index (χ0v) is 16.1. The third-order valence-electron chi connectivity index (χ3n) is 5.07. The molecule has 0 bridgehead atoms. The predicted molar refractivity (Wildman–Crippen MR) is 97.8 cm³/mol. The highest BCUT2D eigenvalue weighted by Gasteiger charge is 2.32. The number of aromatic nitrogens is 2. The van der Waals surface area contributed by atoms with Crippen molar-refractivity contribution in [2.24, 2.45) is 11.3 Å². The molecule has 1 aromatic rings.